The van der Waals surface area contributed by atoms with Gasteiger partial charge in [0, 0.05) is 11.1 Å². The van der Waals surface area contributed by atoms with E-state index >= 15 is 0 Å². The number of aliphatic carboxylic acids is 1. The van der Waals surface area contributed by atoms with E-state index in [9.17, 15) is 13.2 Å². The number of rotatable bonds is 7. The molecule has 3 rings (SSSR count). The number of aryl methyl sites for hydroxylation is 1. The molecule has 28 heavy (non-hydrogen) atoms. The summed E-state index contributed by atoms with van der Waals surface area (Å²) >= 11 is 6.10. The highest BCUT2D eigenvalue weighted by Gasteiger charge is 2.24. The predicted molar refractivity (Wildman–Crippen MR) is 105 cm³/mol. The lowest BCUT2D eigenvalue weighted by Gasteiger charge is -2.13. The molecule has 1 heterocycles. The lowest BCUT2D eigenvalue weighted by Crippen LogP contribution is -2.16. The molecule has 0 amide bonds. The number of hydrogen-bond acceptors (Lipinski definition) is 5. The summed E-state index contributed by atoms with van der Waals surface area (Å²) in [6, 6.07) is 10.8. The van der Waals surface area contributed by atoms with Gasteiger partial charge in [0.2, 0.25) is 0 Å². The van der Waals surface area contributed by atoms with Gasteiger partial charge >= 0.3 is 5.97 Å². The molecule has 0 saturated carbocycles. The number of halogens is 1. The van der Waals surface area contributed by atoms with Crippen molar-refractivity contribution in [2.24, 2.45) is 0 Å². The van der Waals surface area contributed by atoms with Crippen LogP contribution >= 0.6 is 11.6 Å². The zero-order valence-electron chi connectivity index (χ0n) is 15.2. The summed E-state index contributed by atoms with van der Waals surface area (Å²) in [6.45, 7) is 0. The Kier molecular flexibility index (Phi) is 5.53. The molecule has 9 heteroatoms. The summed E-state index contributed by atoms with van der Waals surface area (Å²) in [6.07, 6.45) is -0.151. The predicted octanol–water partition coefficient (Wildman–Crippen LogP) is 3.57. The van der Waals surface area contributed by atoms with Crippen molar-refractivity contribution in [2.75, 3.05) is 14.2 Å². The van der Waals surface area contributed by atoms with Gasteiger partial charge < -0.3 is 14.6 Å². The van der Waals surface area contributed by atoms with E-state index < -0.39 is 16.0 Å². The average molecular weight is 424 g/mol. The van der Waals surface area contributed by atoms with E-state index in [0.717, 1.165) is 3.97 Å². The Bertz CT molecular complexity index is 1150. The first-order valence-corrected chi connectivity index (χ1v) is 10.1. The Morgan fingerprint density at radius 1 is 1.11 bits per heavy atom. The number of ether oxygens (including phenoxy) is 2. The highest BCUT2D eigenvalue weighted by molar-refractivity contribution is 7.90. The van der Waals surface area contributed by atoms with E-state index in [0.29, 0.717) is 28.1 Å². The molecule has 0 aliphatic heterocycles. The minimum absolute atomic E-state index is 0.0248. The van der Waals surface area contributed by atoms with Gasteiger partial charge in [-0.25, -0.2) is 12.4 Å². The van der Waals surface area contributed by atoms with Crippen LogP contribution in [0.3, 0.4) is 0 Å². The summed E-state index contributed by atoms with van der Waals surface area (Å²) in [5.41, 5.74) is 0.783. The summed E-state index contributed by atoms with van der Waals surface area (Å²) in [5.74, 6) is -0.0904. The molecule has 0 aliphatic rings. The average Bonchev–Trinajstić information content (AvgIpc) is 3.04. The number of methoxy groups -OCH3 is 2. The van der Waals surface area contributed by atoms with Crippen LogP contribution in [0.15, 0.2) is 47.4 Å². The van der Waals surface area contributed by atoms with Crippen molar-refractivity contribution < 1.29 is 27.8 Å². The molecule has 0 fully saturated rings. The van der Waals surface area contributed by atoms with Crippen molar-refractivity contribution in [1.82, 2.24) is 3.97 Å². The van der Waals surface area contributed by atoms with E-state index in [1.54, 1.807) is 24.3 Å². The maximum Gasteiger partial charge on any atom is 0.303 e. The lowest BCUT2D eigenvalue weighted by molar-refractivity contribution is -0.136. The van der Waals surface area contributed by atoms with Crippen LogP contribution in [0.5, 0.6) is 11.5 Å². The highest BCUT2D eigenvalue weighted by Crippen LogP contribution is 2.32. The summed E-state index contributed by atoms with van der Waals surface area (Å²) in [5, 5.41) is 9.82. The fourth-order valence-electron chi connectivity index (χ4n) is 2.96. The SMILES string of the molecule is COc1ccc2c(c1)cc(CCC(=O)O)n2S(=O)(=O)c1ccc(OC)c(Cl)c1. The number of carboxylic acids is 1. The molecular formula is C19H18ClNO6S. The summed E-state index contributed by atoms with van der Waals surface area (Å²) in [7, 11) is -1.07. The van der Waals surface area contributed by atoms with Gasteiger partial charge in [0.05, 0.1) is 36.1 Å². The molecule has 1 aromatic heterocycles. The fraction of sp³-hybridized carbons (Fsp3) is 0.211. The van der Waals surface area contributed by atoms with E-state index in [1.807, 2.05) is 0 Å². The monoisotopic (exact) mass is 423 g/mol. The third-order valence-electron chi connectivity index (χ3n) is 4.29. The van der Waals surface area contributed by atoms with Gasteiger partial charge in [-0.1, -0.05) is 11.6 Å². The zero-order valence-corrected chi connectivity index (χ0v) is 16.7. The second-order valence-corrected chi connectivity index (χ2v) is 8.21. The maximum atomic E-state index is 13.4. The second-order valence-electron chi connectivity index (χ2n) is 6.02. The molecule has 3 aromatic rings. The largest absolute Gasteiger partial charge is 0.497 e. The second kappa shape index (κ2) is 7.73. The molecule has 1 N–H and O–H groups in total. The highest BCUT2D eigenvalue weighted by atomic mass is 35.5. The maximum absolute atomic E-state index is 13.4. The van der Waals surface area contributed by atoms with Gasteiger partial charge in [-0.05, 0) is 48.9 Å². The van der Waals surface area contributed by atoms with Gasteiger partial charge in [0.15, 0.2) is 0 Å². The number of nitrogens with zero attached hydrogens (tertiary/aromatic N) is 1. The first kappa shape index (κ1) is 20.0. The molecular weight excluding hydrogens is 406 g/mol. The van der Waals surface area contributed by atoms with E-state index in [2.05, 4.69) is 0 Å². The number of benzene rings is 2. The number of hydrogen-bond donors (Lipinski definition) is 1. The molecule has 0 radical (unpaired) electrons. The van der Waals surface area contributed by atoms with Gasteiger partial charge in [-0.3, -0.25) is 4.79 Å². The Morgan fingerprint density at radius 3 is 2.46 bits per heavy atom. The molecule has 0 aliphatic carbocycles. The third-order valence-corrected chi connectivity index (χ3v) is 6.35. The standard InChI is InChI=1S/C19H18ClNO6S/c1-26-14-4-6-17-12(10-14)9-13(3-8-19(22)23)21(17)28(24,25)15-5-7-18(27-2)16(20)11-15/h4-7,9-11H,3,8H2,1-2H3,(H,22,23). The Morgan fingerprint density at radius 2 is 1.86 bits per heavy atom. The van der Waals surface area contributed by atoms with Crippen LogP contribution < -0.4 is 9.47 Å². The van der Waals surface area contributed by atoms with Crippen LogP contribution in [0.1, 0.15) is 12.1 Å². The lowest BCUT2D eigenvalue weighted by atomic mass is 10.2. The van der Waals surface area contributed by atoms with Crippen LogP contribution in [0.25, 0.3) is 10.9 Å². The van der Waals surface area contributed by atoms with Crippen molar-refractivity contribution in [3.05, 3.63) is 53.2 Å². The van der Waals surface area contributed by atoms with Crippen molar-refractivity contribution in [2.45, 2.75) is 17.7 Å². The van der Waals surface area contributed by atoms with Crippen LogP contribution in [-0.4, -0.2) is 37.7 Å². The van der Waals surface area contributed by atoms with Crippen LogP contribution in [0, 0.1) is 0 Å². The zero-order chi connectivity index (χ0) is 20.5. The first-order chi connectivity index (χ1) is 13.3. The van der Waals surface area contributed by atoms with E-state index in [-0.39, 0.29) is 22.8 Å². The molecule has 0 bridgehead atoms. The molecule has 0 atom stereocenters. The molecule has 148 valence electrons. The summed E-state index contributed by atoms with van der Waals surface area (Å²) in [4.78, 5) is 11.0. The van der Waals surface area contributed by atoms with Crippen molar-refractivity contribution in [3.63, 3.8) is 0 Å². The topological polar surface area (TPSA) is 94.8 Å². The summed E-state index contributed by atoms with van der Waals surface area (Å²) < 4.78 is 38.2. The fourth-order valence-corrected chi connectivity index (χ4v) is 4.88. The number of carboxylic acid groups (broad SMARTS) is 1. The first-order valence-electron chi connectivity index (χ1n) is 8.27. The van der Waals surface area contributed by atoms with Crippen LogP contribution in [-0.2, 0) is 21.2 Å². The molecule has 7 nitrogen and oxygen atoms in total. The molecule has 0 spiro atoms. The quantitative estimate of drug-likeness (QED) is 0.624. The van der Waals surface area contributed by atoms with Crippen molar-refractivity contribution >= 4 is 38.5 Å². The minimum atomic E-state index is -4.02. The van der Waals surface area contributed by atoms with Gasteiger partial charge in [0.1, 0.15) is 11.5 Å². The van der Waals surface area contributed by atoms with Crippen LogP contribution in [0.4, 0.5) is 0 Å². The number of carbonyl (C=O) groups is 1. The third kappa shape index (κ3) is 3.65. The van der Waals surface area contributed by atoms with Crippen molar-refractivity contribution in [3.8, 4) is 11.5 Å². The van der Waals surface area contributed by atoms with E-state index in [1.165, 1.54) is 32.4 Å². The van der Waals surface area contributed by atoms with Crippen molar-refractivity contribution in [1.29, 1.82) is 0 Å². The Balaban J connectivity index is 2.22. The normalized spacial score (nSPS) is 11.5. The molecule has 2 aromatic carbocycles. The van der Waals surface area contributed by atoms with Crippen LogP contribution in [0.2, 0.25) is 5.02 Å². The Hall–Kier alpha value is -2.71. The molecule has 0 unspecified atom stereocenters. The minimum Gasteiger partial charge on any atom is -0.497 e. The van der Waals surface area contributed by atoms with Gasteiger partial charge in [-0.15, -0.1) is 0 Å². The Labute approximate surface area is 167 Å². The molecule has 0 saturated heterocycles. The van der Waals surface area contributed by atoms with Gasteiger partial charge in [0.25, 0.3) is 10.0 Å². The number of aromatic nitrogens is 1. The number of fused-ring (bicyclic) bond motifs is 1. The van der Waals surface area contributed by atoms with E-state index in [4.69, 9.17) is 26.2 Å². The smallest absolute Gasteiger partial charge is 0.303 e. The van der Waals surface area contributed by atoms with Gasteiger partial charge in [-0.2, -0.15) is 0 Å².